The van der Waals surface area contributed by atoms with Crippen molar-refractivity contribution in [2.45, 2.75) is 11.7 Å². The lowest BCUT2D eigenvalue weighted by Gasteiger charge is -2.26. The van der Waals surface area contributed by atoms with Crippen molar-refractivity contribution in [1.29, 1.82) is 0 Å². The molecule has 0 spiro atoms. The van der Waals surface area contributed by atoms with Gasteiger partial charge in [0.15, 0.2) is 0 Å². The summed E-state index contributed by atoms with van der Waals surface area (Å²) >= 11 is -2.16. The second-order valence-corrected chi connectivity index (χ2v) is 6.87. The third-order valence-electron chi connectivity index (χ3n) is 4.32. The molecule has 2 atom stereocenters. The van der Waals surface area contributed by atoms with E-state index in [9.17, 15) is 13.6 Å². The first-order valence-electron chi connectivity index (χ1n) is 8.18. The van der Waals surface area contributed by atoms with Crippen molar-refractivity contribution in [3.05, 3.63) is 83.6 Å². The van der Waals surface area contributed by atoms with Crippen LogP contribution >= 0.6 is 0 Å². The molecule has 0 saturated carbocycles. The number of aldehydes is 1. The second kappa shape index (κ2) is 7.30. The third kappa shape index (κ3) is 3.34. The number of allylic oxidation sites excluding steroid dienone is 1. The van der Waals surface area contributed by atoms with Crippen LogP contribution in [0.3, 0.4) is 0 Å². The van der Waals surface area contributed by atoms with Gasteiger partial charge in [-0.25, -0.2) is 4.98 Å². The van der Waals surface area contributed by atoms with E-state index < -0.39 is 17.0 Å². The fourth-order valence-corrected chi connectivity index (χ4v) is 3.59. The highest BCUT2D eigenvalue weighted by atomic mass is 32.2. The number of fused-ring (bicyclic) bond motifs is 1. The van der Waals surface area contributed by atoms with Gasteiger partial charge in [-0.3, -0.25) is 4.21 Å². The summed E-state index contributed by atoms with van der Waals surface area (Å²) in [5.41, 5.74) is 2.63. The molecule has 4 rings (SSSR count). The van der Waals surface area contributed by atoms with Crippen LogP contribution in [0, 0.1) is 0 Å². The lowest BCUT2D eigenvalue weighted by atomic mass is 9.87. The SMILES string of the molecule is O=CC1C(c2ncco2)=C(c2ccc(CS(=O)[O-])cc2)Oc2ccccc21. The zero-order valence-electron chi connectivity index (χ0n) is 14.0. The van der Waals surface area contributed by atoms with Crippen LogP contribution in [0.15, 0.2) is 65.4 Å². The van der Waals surface area contributed by atoms with Gasteiger partial charge in [-0.1, -0.05) is 53.5 Å². The Kier molecular flexibility index (Phi) is 4.70. The normalized spacial score (nSPS) is 17.1. The number of benzene rings is 2. The van der Waals surface area contributed by atoms with E-state index >= 15 is 0 Å². The quantitative estimate of drug-likeness (QED) is 0.498. The van der Waals surface area contributed by atoms with Crippen LogP contribution in [0.4, 0.5) is 0 Å². The molecule has 0 radical (unpaired) electrons. The lowest BCUT2D eigenvalue weighted by Crippen LogP contribution is -2.16. The first-order chi connectivity index (χ1) is 13.2. The molecule has 0 saturated heterocycles. The molecule has 2 unspecified atom stereocenters. The zero-order chi connectivity index (χ0) is 18.8. The Balaban J connectivity index is 1.86. The molecular formula is C20H14NO5S-. The molecular weight excluding hydrogens is 366 g/mol. The Morgan fingerprint density at radius 2 is 1.93 bits per heavy atom. The largest absolute Gasteiger partial charge is 0.772 e. The molecule has 3 aromatic rings. The van der Waals surface area contributed by atoms with Crippen molar-refractivity contribution >= 4 is 28.7 Å². The molecule has 0 N–H and O–H groups in total. The number of hydrogen-bond acceptors (Lipinski definition) is 6. The second-order valence-electron chi connectivity index (χ2n) is 5.98. The molecule has 136 valence electrons. The first kappa shape index (κ1) is 17.4. The molecule has 2 aromatic carbocycles. The average molecular weight is 380 g/mol. The zero-order valence-corrected chi connectivity index (χ0v) is 14.8. The molecule has 0 fully saturated rings. The number of ether oxygens (including phenoxy) is 1. The summed E-state index contributed by atoms with van der Waals surface area (Å²) in [5, 5.41) is 0. The van der Waals surface area contributed by atoms with E-state index in [0.29, 0.717) is 34.1 Å². The van der Waals surface area contributed by atoms with Gasteiger partial charge in [0.1, 0.15) is 24.1 Å². The molecule has 27 heavy (non-hydrogen) atoms. The minimum Gasteiger partial charge on any atom is -0.772 e. The molecule has 0 aliphatic carbocycles. The summed E-state index contributed by atoms with van der Waals surface area (Å²) in [7, 11) is 0. The van der Waals surface area contributed by atoms with Gasteiger partial charge < -0.3 is 18.5 Å². The van der Waals surface area contributed by atoms with E-state index in [2.05, 4.69) is 4.98 Å². The third-order valence-corrected chi connectivity index (χ3v) is 4.89. The Bertz CT molecular complexity index is 1020. The Morgan fingerprint density at radius 3 is 2.59 bits per heavy atom. The van der Waals surface area contributed by atoms with Crippen LogP contribution in [0.1, 0.15) is 28.5 Å². The van der Waals surface area contributed by atoms with Gasteiger partial charge in [0.05, 0.1) is 17.7 Å². The van der Waals surface area contributed by atoms with Gasteiger partial charge >= 0.3 is 0 Å². The smallest absolute Gasteiger partial charge is 0.226 e. The van der Waals surface area contributed by atoms with E-state index in [-0.39, 0.29) is 5.75 Å². The number of aromatic nitrogens is 1. The van der Waals surface area contributed by atoms with Gasteiger partial charge in [0.25, 0.3) is 0 Å². The highest BCUT2D eigenvalue weighted by Gasteiger charge is 2.33. The maximum absolute atomic E-state index is 12.0. The van der Waals surface area contributed by atoms with Crippen molar-refractivity contribution in [3.63, 3.8) is 0 Å². The summed E-state index contributed by atoms with van der Waals surface area (Å²) in [6.07, 6.45) is 3.79. The molecule has 0 bridgehead atoms. The van der Waals surface area contributed by atoms with Crippen molar-refractivity contribution in [2.24, 2.45) is 0 Å². The van der Waals surface area contributed by atoms with Crippen molar-refractivity contribution in [1.82, 2.24) is 4.98 Å². The van der Waals surface area contributed by atoms with Gasteiger partial charge in [0.2, 0.25) is 5.89 Å². The molecule has 1 aliphatic heterocycles. The molecule has 1 aliphatic rings. The first-order valence-corrected chi connectivity index (χ1v) is 9.43. The van der Waals surface area contributed by atoms with Gasteiger partial charge in [-0.15, -0.1) is 0 Å². The number of para-hydroxylation sites is 1. The summed E-state index contributed by atoms with van der Waals surface area (Å²) < 4.78 is 33.3. The number of rotatable bonds is 5. The predicted molar refractivity (Wildman–Crippen MR) is 98.3 cm³/mol. The topological polar surface area (TPSA) is 92.5 Å². The van der Waals surface area contributed by atoms with Crippen LogP contribution in [0.5, 0.6) is 5.75 Å². The maximum atomic E-state index is 12.0. The number of hydrogen-bond donors (Lipinski definition) is 0. The fourth-order valence-electron chi connectivity index (χ4n) is 3.12. The average Bonchev–Trinajstić information content (AvgIpc) is 3.21. The molecule has 7 heteroatoms. The van der Waals surface area contributed by atoms with Crippen LogP contribution in [-0.2, 0) is 21.6 Å². The highest BCUT2D eigenvalue weighted by Crippen LogP contribution is 2.45. The van der Waals surface area contributed by atoms with Crippen molar-refractivity contribution in [2.75, 3.05) is 0 Å². The Hall–Kier alpha value is -3.03. The maximum Gasteiger partial charge on any atom is 0.226 e. The van der Waals surface area contributed by atoms with Crippen molar-refractivity contribution in [3.8, 4) is 5.75 Å². The number of oxazole rings is 1. The van der Waals surface area contributed by atoms with Gasteiger partial charge in [0, 0.05) is 16.9 Å². The van der Waals surface area contributed by atoms with E-state index in [0.717, 1.165) is 11.8 Å². The Labute approximate surface area is 157 Å². The lowest BCUT2D eigenvalue weighted by molar-refractivity contribution is -0.108. The number of nitrogens with zero attached hydrogens (tertiary/aromatic N) is 1. The van der Waals surface area contributed by atoms with Crippen LogP contribution in [0.2, 0.25) is 0 Å². The van der Waals surface area contributed by atoms with Gasteiger partial charge in [-0.2, -0.15) is 0 Å². The molecule has 6 nitrogen and oxygen atoms in total. The number of carbonyl (C=O) groups is 1. The number of carbonyl (C=O) groups excluding carboxylic acids is 1. The van der Waals surface area contributed by atoms with Crippen LogP contribution in [-0.4, -0.2) is 20.0 Å². The standard InChI is InChI=1S/C20H15NO5S/c22-11-16-15-3-1-2-4-17(15)26-19(18(16)20-21-9-10-25-20)14-7-5-13(6-8-14)12-27(23)24/h1-11,16H,12H2,(H,23,24)/p-1. The summed E-state index contributed by atoms with van der Waals surface area (Å²) in [6, 6.07) is 14.3. The molecule has 0 amide bonds. The van der Waals surface area contributed by atoms with Crippen LogP contribution in [0.25, 0.3) is 11.3 Å². The van der Waals surface area contributed by atoms with Crippen LogP contribution < -0.4 is 4.74 Å². The summed E-state index contributed by atoms with van der Waals surface area (Å²) in [6.45, 7) is 0. The van der Waals surface area contributed by atoms with Crippen molar-refractivity contribution < 1.29 is 22.7 Å². The van der Waals surface area contributed by atoms with E-state index in [1.54, 1.807) is 30.3 Å². The monoisotopic (exact) mass is 380 g/mol. The predicted octanol–water partition coefficient (Wildman–Crippen LogP) is 3.30. The molecule has 2 heterocycles. The Morgan fingerprint density at radius 1 is 1.15 bits per heavy atom. The highest BCUT2D eigenvalue weighted by molar-refractivity contribution is 7.78. The molecule has 1 aromatic heterocycles. The summed E-state index contributed by atoms with van der Waals surface area (Å²) in [5.74, 6) is 0.707. The minimum atomic E-state index is -2.16. The summed E-state index contributed by atoms with van der Waals surface area (Å²) in [4.78, 5) is 16.2. The van der Waals surface area contributed by atoms with E-state index in [1.807, 2.05) is 18.2 Å². The van der Waals surface area contributed by atoms with E-state index in [4.69, 9.17) is 9.15 Å². The van der Waals surface area contributed by atoms with Gasteiger partial charge in [-0.05, 0) is 11.6 Å². The fraction of sp³-hybridized carbons (Fsp3) is 0.100. The minimum absolute atomic E-state index is 0.0629. The van der Waals surface area contributed by atoms with E-state index in [1.165, 1.54) is 12.5 Å².